The number of hydrogen-bond donors (Lipinski definition) is 0. The van der Waals surface area contributed by atoms with Gasteiger partial charge in [0, 0.05) is 19.6 Å². The first kappa shape index (κ1) is 25.1. The Bertz CT molecular complexity index is 1030. The lowest BCUT2D eigenvalue weighted by Crippen LogP contribution is -3.00. The van der Waals surface area contributed by atoms with Crippen LogP contribution in [0.2, 0.25) is 0 Å². The number of nitrogens with zero attached hydrogens (tertiary/aromatic N) is 1. The molecule has 4 aromatic rings. The second kappa shape index (κ2) is 12.1. The van der Waals surface area contributed by atoms with E-state index in [4.69, 9.17) is 4.74 Å². The van der Waals surface area contributed by atoms with Crippen molar-refractivity contribution < 1.29 is 28.7 Å². The molecule has 0 aliphatic carbocycles. The first-order valence-corrected chi connectivity index (χ1v) is 13.7. The highest BCUT2D eigenvalue weighted by molar-refractivity contribution is 7.95. The fourth-order valence-electron chi connectivity index (χ4n) is 4.99. The van der Waals surface area contributed by atoms with Crippen LogP contribution in [-0.2, 0) is 11.3 Å². The molecule has 5 rings (SSSR count). The van der Waals surface area contributed by atoms with E-state index in [1.807, 2.05) is 0 Å². The Balaban J connectivity index is 0.00000274. The predicted molar refractivity (Wildman–Crippen MR) is 141 cm³/mol. The third-order valence-electron chi connectivity index (χ3n) is 6.54. The summed E-state index contributed by atoms with van der Waals surface area (Å²) in [7, 11) is -1.88. The monoisotopic (exact) mass is 579 g/mol. The highest BCUT2D eigenvalue weighted by Crippen LogP contribution is 2.56. The lowest BCUT2D eigenvalue weighted by atomic mass is 10.2. The maximum absolute atomic E-state index is 6.45. The summed E-state index contributed by atoms with van der Waals surface area (Å²) in [6, 6.07) is 44.1. The Morgan fingerprint density at radius 1 is 0.647 bits per heavy atom. The van der Waals surface area contributed by atoms with Crippen molar-refractivity contribution in [3.63, 3.8) is 0 Å². The molecule has 0 N–H and O–H groups in total. The van der Waals surface area contributed by atoms with Crippen LogP contribution in [-0.4, -0.2) is 36.9 Å². The number of hydrogen-bond acceptors (Lipinski definition) is 2. The van der Waals surface area contributed by atoms with Crippen molar-refractivity contribution in [3.8, 4) is 0 Å². The Morgan fingerprint density at radius 2 is 1.09 bits per heavy atom. The topological polar surface area (TPSA) is 12.5 Å². The van der Waals surface area contributed by atoms with Gasteiger partial charge in [-0.25, -0.2) is 0 Å². The minimum Gasteiger partial charge on any atom is -1.00 e. The molecule has 0 radical (unpaired) electrons. The molecule has 0 saturated carbocycles. The van der Waals surface area contributed by atoms with Crippen LogP contribution in [0.25, 0.3) is 0 Å². The summed E-state index contributed by atoms with van der Waals surface area (Å²) < 4.78 is 6.45. The third kappa shape index (κ3) is 5.60. The predicted octanol–water partition coefficient (Wildman–Crippen LogP) is 1.89. The van der Waals surface area contributed by atoms with E-state index in [-0.39, 0.29) is 30.1 Å². The highest BCUT2D eigenvalue weighted by atomic mass is 127. The van der Waals surface area contributed by atoms with Gasteiger partial charge < -0.3 is 28.7 Å². The van der Waals surface area contributed by atoms with Crippen LogP contribution in [0.1, 0.15) is 5.56 Å². The van der Waals surface area contributed by atoms with Crippen molar-refractivity contribution in [2.24, 2.45) is 0 Å². The Kier molecular flexibility index (Phi) is 8.91. The SMILES string of the molecule is [I-].c1ccc(CN2CCOC(C[P+](c3ccccc3)(c3ccccc3)c3ccccc3)C2)cc1. The van der Waals surface area contributed by atoms with Crippen LogP contribution in [0.15, 0.2) is 121 Å². The number of halogens is 1. The lowest BCUT2D eigenvalue weighted by molar-refractivity contribution is -0.0192. The van der Waals surface area contributed by atoms with Crippen LogP contribution in [0.3, 0.4) is 0 Å². The van der Waals surface area contributed by atoms with E-state index in [1.165, 1.54) is 21.5 Å². The minimum atomic E-state index is -1.88. The van der Waals surface area contributed by atoms with E-state index < -0.39 is 7.26 Å². The van der Waals surface area contributed by atoms with Crippen molar-refractivity contribution in [1.82, 2.24) is 4.90 Å². The summed E-state index contributed by atoms with van der Waals surface area (Å²) >= 11 is 0. The molecule has 1 fully saturated rings. The molecular weight excluding hydrogens is 548 g/mol. The van der Waals surface area contributed by atoms with E-state index in [0.29, 0.717) is 0 Å². The Morgan fingerprint density at radius 3 is 1.56 bits per heavy atom. The van der Waals surface area contributed by atoms with Crippen LogP contribution in [0.5, 0.6) is 0 Å². The molecule has 0 spiro atoms. The fourth-order valence-corrected chi connectivity index (χ4v) is 9.39. The van der Waals surface area contributed by atoms with Gasteiger partial charge in [0.15, 0.2) is 0 Å². The van der Waals surface area contributed by atoms with Crippen LogP contribution >= 0.6 is 7.26 Å². The second-order valence-corrected chi connectivity index (χ2v) is 12.2. The molecule has 1 heterocycles. The molecule has 4 heteroatoms. The van der Waals surface area contributed by atoms with Crippen molar-refractivity contribution >= 4 is 23.2 Å². The maximum atomic E-state index is 6.45. The third-order valence-corrected chi connectivity index (χ3v) is 11.0. The summed E-state index contributed by atoms with van der Waals surface area (Å²) in [6.45, 7) is 3.71. The van der Waals surface area contributed by atoms with Gasteiger partial charge in [-0.15, -0.1) is 0 Å². The lowest BCUT2D eigenvalue weighted by Gasteiger charge is -2.36. The Labute approximate surface area is 221 Å². The van der Waals surface area contributed by atoms with Gasteiger partial charge in [0.25, 0.3) is 0 Å². The first-order valence-electron chi connectivity index (χ1n) is 11.8. The molecule has 34 heavy (non-hydrogen) atoms. The number of ether oxygens (including phenoxy) is 1. The summed E-state index contributed by atoms with van der Waals surface area (Å²) in [5.74, 6) is 0. The zero-order valence-electron chi connectivity index (χ0n) is 19.3. The zero-order chi connectivity index (χ0) is 22.3. The van der Waals surface area contributed by atoms with E-state index in [1.54, 1.807) is 0 Å². The molecule has 0 bridgehead atoms. The molecule has 1 aliphatic rings. The smallest absolute Gasteiger partial charge is 0.114 e. The van der Waals surface area contributed by atoms with Crippen molar-refractivity contribution in [2.45, 2.75) is 12.6 Å². The number of benzene rings is 4. The van der Waals surface area contributed by atoms with Gasteiger partial charge in [-0.1, -0.05) is 84.9 Å². The van der Waals surface area contributed by atoms with Crippen molar-refractivity contribution in [1.29, 1.82) is 0 Å². The summed E-state index contributed by atoms with van der Waals surface area (Å²) in [5, 5.41) is 4.27. The Hall–Kier alpha value is -2.04. The van der Waals surface area contributed by atoms with Gasteiger partial charge >= 0.3 is 0 Å². The summed E-state index contributed by atoms with van der Waals surface area (Å²) in [5.41, 5.74) is 1.37. The zero-order valence-corrected chi connectivity index (χ0v) is 22.4. The molecule has 1 atom stereocenters. The molecule has 4 aromatic carbocycles. The quantitative estimate of drug-likeness (QED) is 0.245. The van der Waals surface area contributed by atoms with Gasteiger partial charge in [-0.05, 0) is 42.0 Å². The van der Waals surface area contributed by atoms with Gasteiger partial charge in [-0.3, -0.25) is 4.90 Å². The van der Waals surface area contributed by atoms with Crippen LogP contribution in [0.4, 0.5) is 0 Å². The molecule has 2 nitrogen and oxygen atoms in total. The van der Waals surface area contributed by atoms with Crippen LogP contribution < -0.4 is 39.9 Å². The second-order valence-electron chi connectivity index (χ2n) is 8.71. The first-order chi connectivity index (χ1) is 16.3. The fraction of sp³-hybridized carbons (Fsp3) is 0.200. The molecule has 1 saturated heterocycles. The van der Waals surface area contributed by atoms with Gasteiger partial charge in [-0.2, -0.15) is 0 Å². The van der Waals surface area contributed by atoms with Gasteiger partial charge in [0.2, 0.25) is 0 Å². The van der Waals surface area contributed by atoms with Crippen LogP contribution in [0, 0.1) is 0 Å². The molecule has 1 unspecified atom stereocenters. The largest absolute Gasteiger partial charge is 1.00 e. The molecular formula is C30H31INOP. The van der Waals surface area contributed by atoms with Crippen molar-refractivity contribution in [2.75, 3.05) is 25.9 Å². The van der Waals surface area contributed by atoms with Gasteiger partial charge in [0.1, 0.15) is 35.4 Å². The molecule has 0 amide bonds. The average molecular weight is 579 g/mol. The number of morpholine rings is 1. The van der Waals surface area contributed by atoms with Crippen molar-refractivity contribution in [3.05, 3.63) is 127 Å². The average Bonchev–Trinajstić information content (AvgIpc) is 2.90. The van der Waals surface area contributed by atoms with E-state index >= 15 is 0 Å². The molecule has 0 aromatic heterocycles. The molecule has 174 valence electrons. The van der Waals surface area contributed by atoms with E-state index in [9.17, 15) is 0 Å². The summed E-state index contributed by atoms with van der Waals surface area (Å²) in [4.78, 5) is 2.55. The van der Waals surface area contributed by atoms with Gasteiger partial charge in [0.05, 0.1) is 6.61 Å². The van der Waals surface area contributed by atoms with E-state index in [2.05, 4.69) is 126 Å². The number of rotatable bonds is 7. The van der Waals surface area contributed by atoms with E-state index in [0.717, 1.165) is 32.4 Å². The normalized spacial score (nSPS) is 16.5. The minimum absolute atomic E-state index is 0. The molecule has 1 aliphatic heterocycles. The highest BCUT2D eigenvalue weighted by Gasteiger charge is 2.48. The summed E-state index contributed by atoms with van der Waals surface area (Å²) in [6.07, 6.45) is 1.20. The standard InChI is InChI=1S/C30H31NOP.HI/c1-5-13-26(14-6-1)23-31-21-22-32-27(24-31)25-33(28-15-7-2-8-16-28,29-17-9-3-10-18-29)30-19-11-4-12-20-30;/h1-20,27H,21-25H2;1H/q+1;/p-1. The maximum Gasteiger partial charge on any atom is 0.114 e.